The zero-order valence-electron chi connectivity index (χ0n) is 9.54. The minimum atomic E-state index is -0.168. The van der Waals surface area contributed by atoms with Crippen molar-refractivity contribution in [2.45, 2.75) is 11.3 Å². The Hall–Kier alpha value is -0.580. The van der Waals surface area contributed by atoms with Crippen molar-refractivity contribution in [3.05, 3.63) is 30.1 Å². The van der Waals surface area contributed by atoms with Crippen molar-refractivity contribution in [2.24, 2.45) is 0 Å². The topological polar surface area (TPSA) is 21.3 Å². The molecule has 0 aliphatic rings. The summed E-state index contributed by atoms with van der Waals surface area (Å²) in [5, 5.41) is 3.31. The molecule has 0 amide bonds. The van der Waals surface area contributed by atoms with Gasteiger partial charge in [-0.15, -0.1) is 11.8 Å². The van der Waals surface area contributed by atoms with Crippen molar-refractivity contribution < 1.29 is 9.13 Å². The van der Waals surface area contributed by atoms with Crippen LogP contribution in [0.15, 0.2) is 29.2 Å². The Labute approximate surface area is 101 Å². The summed E-state index contributed by atoms with van der Waals surface area (Å²) in [6, 6.07) is 6.70. The number of hydrogen-bond donors (Lipinski definition) is 1. The average molecular weight is 243 g/mol. The first-order chi connectivity index (χ1) is 7.83. The van der Waals surface area contributed by atoms with E-state index in [1.165, 1.54) is 6.07 Å². The molecule has 0 saturated heterocycles. The van der Waals surface area contributed by atoms with Gasteiger partial charge in [0.1, 0.15) is 5.82 Å². The summed E-state index contributed by atoms with van der Waals surface area (Å²) in [7, 11) is 1.71. The van der Waals surface area contributed by atoms with Gasteiger partial charge in [-0.25, -0.2) is 4.39 Å². The van der Waals surface area contributed by atoms with Gasteiger partial charge in [-0.2, -0.15) is 0 Å². The molecule has 0 unspecified atom stereocenters. The first-order valence-electron chi connectivity index (χ1n) is 5.41. The maximum Gasteiger partial charge on any atom is 0.124 e. The molecule has 0 bridgehead atoms. The SMILES string of the molecule is COCCCNCCSc1cccc(F)c1. The number of thioether (sulfide) groups is 1. The molecule has 0 aliphatic heterocycles. The monoisotopic (exact) mass is 243 g/mol. The Morgan fingerprint density at radius 2 is 2.25 bits per heavy atom. The minimum absolute atomic E-state index is 0.168. The molecular formula is C12H18FNOS. The van der Waals surface area contributed by atoms with Gasteiger partial charge < -0.3 is 10.1 Å². The molecule has 1 aromatic carbocycles. The van der Waals surface area contributed by atoms with Gasteiger partial charge in [-0.1, -0.05) is 6.07 Å². The first kappa shape index (κ1) is 13.5. The van der Waals surface area contributed by atoms with Crippen LogP contribution < -0.4 is 5.32 Å². The van der Waals surface area contributed by atoms with Crippen LogP contribution in [0.2, 0.25) is 0 Å². The fourth-order valence-electron chi connectivity index (χ4n) is 1.26. The molecule has 0 saturated carbocycles. The number of benzene rings is 1. The molecule has 0 spiro atoms. The summed E-state index contributed by atoms with van der Waals surface area (Å²) >= 11 is 1.66. The largest absolute Gasteiger partial charge is 0.385 e. The van der Waals surface area contributed by atoms with Gasteiger partial charge in [-0.3, -0.25) is 0 Å². The van der Waals surface area contributed by atoms with Crippen molar-refractivity contribution in [2.75, 3.05) is 32.6 Å². The van der Waals surface area contributed by atoms with E-state index in [0.717, 1.165) is 36.8 Å². The second-order valence-corrected chi connectivity index (χ2v) is 4.57. The Morgan fingerprint density at radius 1 is 1.38 bits per heavy atom. The molecule has 4 heteroatoms. The maximum absolute atomic E-state index is 12.8. The van der Waals surface area contributed by atoms with Crippen LogP contribution in [-0.2, 0) is 4.74 Å². The summed E-state index contributed by atoms with van der Waals surface area (Å²) in [6.07, 6.45) is 1.03. The van der Waals surface area contributed by atoms with Gasteiger partial charge in [0.05, 0.1) is 0 Å². The predicted molar refractivity (Wildman–Crippen MR) is 66.5 cm³/mol. The molecule has 2 nitrogen and oxygen atoms in total. The third-order valence-electron chi connectivity index (χ3n) is 2.05. The van der Waals surface area contributed by atoms with Crippen molar-refractivity contribution >= 4 is 11.8 Å². The van der Waals surface area contributed by atoms with E-state index in [4.69, 9.17) is 4.74 Å². The van der Waals surface area contributed by atoms with E-state index < -0.39 is 0 Å². The Morgan fingerprint density at radius 3 is 3.00 bits per heavy atom. The second kappa shape index (κ2) is 8.56. The van der Waals surface area contributed by atoms with Gasteiger partial charge in [0.15, 0.2) is 0 Å². The van der Waals surface area contributed by atoms with Crippen molar-refractivity contribution in [3.8, 4) is 0 Å². The van der Waals surface area contributed by atoms with Gasteiger partial charge in [0.2, 0.25) is 0 Å². The maximum atomic E-state index is 12.8. The zero-order valence-corrected chi connectivity index (χ0v) is 10.4. The molecule has 0 fully saturated rings. The van der Waals surface area contributed by atoms with Crippen molar-refractivity contribution in [1.82, 2.24) is 5.32 Å². The number of ether oxygens (including phenoxy) is 1. The lowest BCUT2D eigenvalue weighted by Crippen LogP contribution is -2.19. The lowest BCUT2D eigenvalue weighted by molar-refractivity contribution is 0.194. The van der Waals surface area contributed by atoms with E-state index in [-0.39, 0.29) is 5.82 Å². The second-order valence-electron chi connectivity index (χ2n) is 3.40. The normalized spacial score (nSPS) is 10.6. The lowest BCUT2D eigenvalue weighted by atomic mass is 10.4. The molecule has 0 atom stereocenters. The van der Waals surface area contributed by atoms with Crippen molar-refractivity contribution in [1.29, 1.82) is 0 Å². The van der Waals surface area contributed by atoms with E-state index in [9.17, 15) is 4.39 Å². The van der Waals surface area contributed by atoms with Crippen molar-refractivity contribution in [3.63, 3.8) is 0 Å². The molecule has 0 aliphatic carbocycles. The van der Waals surface area contributed by atoms with Gasteiger partial charge in [0.25, 0.3) is 0 Å². The highest BCUT2D eigenvalue weighted by molar-refractivity contribution is 7.99. The van der Waals surface area contributed by atoms with E-state index in [1.54, 1.807) is 31.0 Å². The minimum Gasteiger partial charge on any atom is -0.385 e. The van der Waals surface area contributed by atoms with Gasteiger partial charge >= 0.3 is 0 Å². The lowest BCUT2D eigenvalue weighted by Gasteiger charge is -2.04. The standard InChI is InChI=1S/C12H18FNOS/c1-15-8-3-6-14-7-9-16-12-5-2-4-11(13)10-12/h2,4-5,10,14H,3,6-9H2,1H3. The fraction of sp³-hybridized carbons (Fsp3) is 0.500. The third kappa shape index (κ3) is 6.10. The summed E-state index contributed by atoms with van der Waals surface area (Å²) in [4.78, 5) is 0.985. The van der Waals surface area contributed by atoms with E-state index in [0.29, 0.717) is 0 Å². The number of halogens is 1. The van der Waals surface area contributed by atoms with E-state index in [1.807, 2.05) is 6.07 Å². The molecular weight excluding hydrogens is 225 g/mol. The molecule has 0 heterocycles. The van der Waals surface area contributed by atoms with Crippen LogP contribution in [0.1, 0.15) is 6.42 Å². The van der Waals surface area contributed by atoms with E-state index >= 15 is 0 Å². The molecule has 90 valence electrons. The Kier molecular flexibility index (Phi) is 7.21. The molecule has 0 aromatic heterocycles. The van der Waals surface area contributed by atoms with Crippen LogP contribution >= 0.6 is 11.8 Å². The predicted octanol–water partition coefficient (Wildman–Crippen LogP) is 2.54. The summed E-state index contributed by atoms with van der Waals surface area (Å²) < 4.78 is 17.8. The quantitative estimate of drug-likeness (QED) is 0.560. The highest BCUT2D eigenvalue weighted by atomic mass is 32.2. The highest BCUT2D eigenvalue weighted by Gasteiger charge is 1.95. The van der Waals surface area contributed by atoms with Crippen LogP contribution in [0, 0.1) is 5.82 Å². The molecule has 0 radical (unpaired) electrons. The summed E-state index contributed by atoms with van der Waals surface area (Å²) in [6.45, 7) is 2.70. The molecule has 16 heavy (non-hydrogen) atoms. The molecule has 1 aromatic rings. The number of nitrogens with one attached hydrogen (secondary N) is 1. The van der Waals surface area contributed by atoms with Gasteiger partial charge in [-0.05, 0) is 31.2 Å². The van der Waals surface area contributed by atoms with Crippen LogP contribution in [0.3, 0.4) is 0 Å². The van der Waals surface area contributed by atoms with Crippen LogP contribution in [0.4, 0.5) is 4.39 Å². The van der Waals surface area contributed by atoms with Crippen LogP contribution in [-0.4, -0.2) is 32.6 Å². The number of methoxy groups -OCH3 is 1. The Bertz CT molecular complexity index is 296. The van der Waals surface area contributed by atoms with E-state index in [2.05, 4.69) is 5.32 Å². The Balaban J connectivity index is 2.03. The summed E-state index contributed by atoms with van der Waals surface area (Å²) in [5.41, 5.74) is 0. The van der Waals surface area contributed by atoms with Crippen LogP contribution in [0.5, 0.6) is 0 Å². The fourth-order valence-corrected chi connectivity index (χ4v) is 2.12. The smallest absolute Gasteiger partial charge is 0.124 e. The van der Waals surface area contributed by atoms with Crippen LogP contribution in [0.25, 0.3) is 0 Å². The molecule has 1 N–H and O–H groups in total. The first-order valence-corrected chi connectivity index (χ1v) is 6.39. The zero-order chi connectivity index (χ0) is 11.6. The average Bonchev–Trinajstić information content (AvgIpc) is 2.28. The third-order valence-corrected chi connectivity index (χ3v) is 3.04. The highest BCUT2D eigenvalue weighted by Crippen LogP contribution is 2.17. The summed E-state index contributed by atoms with van der Waals surface area (Å²) in [5.74, 6) is 0.786. The number of rotatable bonds is 8. The van der Waals surface area contributed by atoms with Gasteiger partial charge in [0, 0.05) is 30.9 Å². The molecule has 1 rings (SSSR count). The number of hydrogen-bond acceptors (Lipinski definition) is 3.